The minimum Gasteiger partial charge on any atom is -0.348 e. The van der Waals surface area contributed by atoms with Gasteiger partial charge < -0.3 is 10.2 Å². The maximum atomic E-state index is 11.5. The van der Waals surface area contributed by atoms with Crippen LogP contribution in [0.2, 0.25) is 0 Å². The molecule has 94 valence electrons. The molecule has 2 atom stereocenters. The third kappa shape index (κ3) is 4.12. The predicted molar refractivity (Wildman–Crippen MR) is 67.3 cm³/mol. The fourth-order valence-electron chi connectivity index (χ4n) is 2.41. The molecular weight excluding hydrogens is 200 g/mol. The molecule has 1 rings (SSSR count). The number of hydrogen-bond donors (Lipinski definition) is 1. The normalized spacial score (nSPS) is 25.8. The molecule has 0 aromatic carbocycles. The Morgan fingerprint density at radius 3 is 2.62 bits per heavy atom. The third-order valence-corrected chi connectivity index (χ3v) is 3.70. The fraction of sp³-hybridized carbons (Fsp3) is 0.923. The van der Waals surface area contributed by atoms with Crippen molar-refractivity contribution in [2.45, 2.75) is 45.6 Å². The summed E-state index contributed by atoms with van der Waals surface area (Å²) in [4.78, 5) is 13.1. The molecule has 0 bridgehead atoms. The van der Waals surface area contributed by atoms with Gasteiger partial charge in [0.05, 0.1) is 6.54 Å². The molecule has 1 fully saturated rings. The molecule has 2 unspecified atom stereocenters. The summed E-state index contributed by atoms with van der Waals surface area (Å²) in [6.45, 7) is 5.10. The summed E-state index contributed by atoms with van der Waals surface area (Å²) in [5.41, 5.74) is 0. The molecule has 0 aliphatic heterocycles. The molecule has 1 amide bonds. The van der Waals surface area contributed by atoms with Crippen LogP contribution in [0, 0.1) is 11.8 Å². The van der Waals surface area contributed by atoms with E-state index in [4.69, 9.17) is 0 Å². The van der Waals surface area contributed by atoms with Crippen LogP contribution in [0.5, 0.6) is 0 Å². The van der Waals surface area contributed by atoms with Crippen LogP contribution in [-0.2, 0) is 4.79 Å². The van der Waals surface area contributed by atoms with Gasteiger partial charge in [-0.25, -0.2) is 0 Å². The molecule has 0 saturated heterocycles. The fourth-order valence-corrected chi connectivity index (χ4v) is 2.41. The zero-order valence-corrected chi connectivity index (χ0v) is 11.1. The van der Waals surface area contributed by atoms with Gasteiger partial charge in [-0.15, -0.1) is 0 Å². The van der Waals surface area contributed by atoms with E-state index in [1.54, 1.807) is 4.90 Å². The summed E-state index contributed by atoms with van der Waals surface area (Å²) >= 11 is 0. The highest BCUT2D eigenvalue weighted by Crippen LogP contribution is 2.29. The molecule has 1 aliphatic rings. The number of nitrogens with one attached hydrogen (secondary N) is 1. The quantitative estimate of drug-likeness (QED) is 0.794. The Hall–Kier alpha value is -0.570. The Kier molecular flexibility index (Phi) is 5.26. The minimum atomic E-state index is 0.173. The van der Waals surface area contributed by atoms with E-state index in [0.717, 1.165) is 11.8 Å². The number of nitrogens with zero attached hydrogens (tertiary/aromatic N) is 1. The van der Waals surface area contributed by atoms with Gasteiger partial charge in [0, 0.05) is 20.1 Å². The van der Waals surface area contributed by atoms with Crippen molar-refractivity contribution in [2.75, 3.05) is 20.6 Å². The van der Waals surface area contributed by atoms with Crippen LogP contribution in [0.25, 0.3) is 0 Å². The number of carbonyl (C=O) groups is 1. The van der Waals surface area contributed by atoms with Gasteiger partial charge in [-0.1, -0.05) is 26.7 Å². The second-order valence-electron chi connectivity index (χ2n) is 5.54. The zero-order valence-electron chi connectivity index (χ0n) is 11.1. The molecule has 0 aromatic rings. The van der Waals surface area contributed by atoms with E-state index < -0.39 is 0 Å². The Balaban J connectivity index is 2.29. The second-order valence-corrected chi connectivity index (χ2v) is 5.54. The topological polar surface area (TPSA) is 32.3 Å². The van der Waals surface area contributed by atoms with E-state index in [9.17, 15) is 4.79 Å². The van der Waals surface area contributed by atoms with Gasteiger partial charge in [0.25, 0.3) is 0 Å². The first-order valence-electron chi connectivity index (χ1n) is 6.44. The van der Waals surface area contributed by atoms with Crippen LogP contribution in [-0.4, -0.2) is 37.5 Å². The maximum Gasteiger partial charge on any atom is 0.236 e. The lowest BCUT2D eigenvalue weighted by Crippen LogP contribution is -2.41. The molecule has 0 radical (unpaired) electrons. The number of hydrogen-bond acceptors (Lipinski definition) is 2. The van der Waals surface area contributed by atoms with Crippen LogP contribution >= 0.6 is 0 Å². The Morgan fingerprint density at radius 2 is 2.06 bits per heavy atom. The van der Waals surface area contributed by atoms with E-state index in [2.05, 4.69) is 19.2 Å². The van der Waals surface area contributed by atoms with Crippen molar-refractivity contribution in [3.05, 3.63) is 0 Å². The van der Waals surface area contributed by atoms with Gasteiger partial charge >= 0.3 is 0 Å². The molecule has 16 heavy (non-hydrogen) atoms. The zero-order chi connectivity index (χ0) is 12.1. The highest BCUT2D eigenvalue weighted by Gasteiger charge is 2.24. The number of rotatable bonds is 4. The van der Waals surface area contributed by atoms with Crippen molar-refractivity contribution in [2.24, 2.45) is 11.8 Å². The van der Waals surface area contributed by atoms with E-state index in [0.29, 0.717) is 12.6 Å². The van der Waals surface area contributed by atoms with Gasteiger partial charge in [0.15, 0.2) is 0 Å². The lowest BCUT2D eigenvalue weighted by Gasteiger charge is -2.32. The van der Waals surface area contributed by atoms with Gasteiger partial charge in [-0.2, -0.15) is 0 Å². The Labute approximate surface area is 99.6 Å². The van der Waals surface area contributed by atoms with E-state index in [1.165, 1.54) is 25.7 Å². The van der Waals surface area contributed by atoms with Gasteiger partial charge in [-0.05, 0) is 24.7 Å². The van der Waals surface area contributed by atoms with E-state index in [-0.39, 0.29) is 5.91 Å². The average Bonchev–Trinajstić information content (AvgIpc) is 2.26. The number of carbonyl (C=O) groups excluding carboxylic acids is 1. The van der Waals surface area contributed by atoms with Crippen molar-refractivity contribution in [1.29, 1.82) is 0 Å². The van der Waals surface area contributed by atoms with Crippen molar-refractivity contribution >= 4 is 5.91 Å². The number of likely N-dealkylation sites (N-methyl/N-ethyl adjacent to an activating group) is 1. The molecule has 0 heterocycles. The lowest BCUT2D eigenvalue weighted by atomic mass is 9.79. The first-order chi connectivity index (χ1) is 7.50. The second kappa shape index (κ2) is 6.24. The van der Waals surface area contributed by atoms with Crippen molar-refractivity contribution < 1.29 is 4.79 Å². The molecule has 1 saturated carbocycles. The summed E-state index contributed by atoms with van der Waals surface area (Å²) in [5.74, 6) is 1.78. The molecule has 3 heteroatoms. The molecule has 0 spiro atoms. The Morgan fingerprint density at radius 1 is 1.38 bits per heavy atom. The van der Waals surface area contributed by atoms with Crippen LogP contribution < -0.4 is 5.32 Å². The van der Waals surface area contributed by atoms with Crippen LogP contribution in [0.1, 0.15) is 39.5 Å². The standard InChI is InChI=1S/C13H26N2O/c1-10(2)11-6-5-7-12(8-11)14-9-13(16)15(3)4/h10-12,14H,5-9H2,1-4H3. The van der Waals surface area contributed by atoms with Crippen LogP contribution in [0.3, 0.4) is 0 Å². The largest absolute Gasteiger partial charge is 0.348 e. The lowest BCUT2D eigenvalue weighted by molar-refractivity contribution is -0.127. The highest BCUT2D eigenvalue weighted by atomic mass is 16.2. The first-order valence-corrected chi connectivity index (χ1v) is 6.44. The smallest absolute Gasteiger partial charge is 0.236 e. The SMILES string of the molecule is CC(C)C1CCCC(NCC(=O)N(C)C)C1. The first kappa shape index (κ1) is 13.5. The third-order valence-electron chi connectivity index (χ3n) is 3.70. The van der Waals surface area contributed by atoms with Gasteiger partial charge in [0.1, 0.15) is 0 Å². The molecule has 1 N–H and O–H groups in total. The molecule has 1 aliphatic carbocycles. The van der Waals surface area contributed by atoms with Crippen molar-refractivity contribution in [3.8, 4) is 0 Å². The van der Waals surface area contributed by atoms with Crippen LogP contribution in [0.4, 0.5) is 0 Å². The monoisotopic (exact) mass is 226 g/mol. The highest BCUT2D eigenvalue weighted by molar-refractivity contribution is 5.77. The summed E-state index contributed by atoms with van der Waals surface area (Å²) in [6.07, 6.45) is 5.12. The van der Waals surface area contributed by atoms with E-state index >= 15 is 0 Å². The maximum absolute atomic E-state index is 11.5. The molecule has 3 nitrogen and oxygen atoms in total. The van der Waals surface area contributed by atoms with E-state index in [1.807, 2.05) is 14.1 Å². The van der Waals surface area contributed by atoms with Gasteiger partial charge in [-0.3, -0.25) is 4.79 Å². The number of amides is 1. The molecule has 0 aromatic heterocycles. The average molecular weight is 226 g/mol. The molecular formula is C13H26N2O. The van der Waals surface area contributed by atoms with Crippen molar-refractivity contribution in [3.63, 3.8) is 0 Å². The predicted octanol–water partition coefficient (Wildman–Crippen LogP) is 1.88. The summed E-state index contributed by atoms with van der Waals surface area (Å²) in [5, 5.41) is 3.40. The summed E-state index contributed by atoms with van der Waals surface area (Å²) in [6, 6.07) is 0.546. The van der Waals surface area contributed by atoms with Crippen molar-refractivity contribution in [1.82, 2.24) is 10.2 Å². The summed E-state index contributed by atoms with van der Waals surface area (Å²) < 4.78 is 0. The Bertz CT molecular complexity index is 226. The minimum absolute atomic E-state index is 0.173. The summed E-state index contributed by atoms with van der Waals surface area (Å²) in [7, 11) is 3.61. The van der Waals surface area contributed by atoms with Gasteiger partial charge in [0.2, 0.25) is 5.91 Å². The van der Waals surface area contributed by atoms with Crippen LogP contribution in [0.15, 0.2) is 0 Å².